The third-order valence-corrected chi connectivity index (χ3v) is 11.8. The second kappa shape index (κ2) is 6.81. The minimum atomic E-state index is -0.100. The van der Waals surface area contributed by atoms with Gasteiger partial charge in [0, 0.05) is 25.2 Å². The van der Waals surface area contributed by atoms with Gasteiger partial charge >= 0.3 is 0 Å². The van der Waals surface area contributed by atoms with Crippen molar-refractivity contribution < 1.29 is 10.2 Å². The molecule has 3 heteroatoms. The van der Waals surface area contributed by atoms with Crippen LogP contribution in [0.25, 0.3) is 0 Å². The lowest BCUT2D eigenvalue weighted by molar-refractivity contribution is -0.0576. The van der Waals surface area contributed by atoms with E-state index < -0.39 is 0 Å². The van der Waals surface area contributed by atoms with Gasteiger partial charge in [-0.2, -0.15) is 0 Å². The van der Waals surface area contributed by atoms with Crippen LogP contribution >= 0.6 is 0 Å². The van der Waals surface area contributed by atoms with E-state index in [1.807, 2.05) is 0 Å². The maximum absolute atomic E-state index is 10.3. The van der Waals surface area contributed by atoms with Gasteiger partial charge in [0.2, 0.25) is 0 Å². The maximum Gasteiger partial charge on any atom is 0.0577 e. The standard InChI is InChI=1S/C27H43NO2/c1-16-23-7-4-17(15-29)14-28(23)24-13-22-20-6-5-18-12-19(30)8-10-26(18,2)21(20)9-11-27(22,3)25(16)24/h5,16-17,19-25,29-30H,4,6-15H2,1-3H3. The summed E-state index contributed by atoms with van der Waals surface area (Å²) in [5.74, 6) is 4.73. The minimum Gasteiger partial charge on any atom is -0.396 e. The summed E-state index contributed by atoms with van der Waals surface area (Å²) in [7, 11) is 0. The Morgan fingerprint density at radius 3 is 2.70 bits per heavy atom. The van der Waals surface area contributed by atoms with E-state index in [0.717, 1.165) is 61.1 Å². The van der Waals surface area contributed by atoms with Gasteiger partial charge in [-0.3, -0.25) is 4.90 Å². The summed E-state index contributed by atoms with van der Waals surface area (Å²) >= 11 is 0. The molecule has 2 N–H and O–H groups in total. The van der Waals surface area contributed by atoms with Crippen LogP contribution in [0.1, 0.15) is 78.6 Å². The number of rotatable bonds is 1. The molecule has 0 radical (unpaired) electrons. The molecular formula is C27H43NO2. The average molecular weight is 414 g/mol. The Balaban J connectivity index is 1.31. The van der Waals surface area contributed by atoms with Crippen molar-refractivity contribution in [1.29, 1.82) is 0 Å². The molecule has 168 valence electrons. The van der Waals surface area contributed by atoms with E-state index in [-0.39, 0.29) is 6.10 Å². The Kier molecular flexibility index (Phi) is 4.60. The van der Waals surface area contributed by atoms with Crippen LogP contribution in [0.5, 0.6) is 0 Å². The smallest absolute Gasteiger partial charge is 0.0577 e. The molecule has 5 fully saturated rings. The number of allylic oxidation sites excluding steroid dienone is 1. The van der Waals surface area contributed by atoms with Crippen molar-refractivity contribution in [3.05, 3.63) is 11.6 Å². The fourth-order valence-electron chi connectivity index (χ4n) is 10.4. The molecule has 11 atom stereocenters. The zero-order valence-corrected chi connectivity index (χ0v) is 19.4. The van der Waals surface area contributed by atoms with Crippen LogP contribution in [0.4, 0.5) is 0 Å². The molecule has 6 rings (SSSR count). The average Bonchev–Trinajstić information content (AvgIpc) is 3.20. The molecule has 0 spiro atoms. The number of piperidine rings is 1. The van der Waals surface area contributed by atoms with Crippen LogP contribution in [0.2, 0.25) is 0 Å². The predicted octanol–water partition coefficient (Wildman–Crippen LogP) is 4.63. The first-order chi connectivity index (χ1) is 14.4. The first-order valence-corrected chi connectivity index (χ1v) is 13.1. The van der Waals surface area contributed by atoms with E-state index in [1.165, 1.54) is 44.9 Å². The molecule has 0 bridgehead atoms. The lowest BCUT2D eigenvalue weighted by Gasteiger charge is -2.58. The van der Waals surface area contributed by atoms with Crippen molar-refractivity contribution in [3.63, 3.8) is 0 Å². The number of nitrogens with zero attached hydrogens (tertiary/aromatic N) is 1. The van der Waals surface area contributed by atoms with Crippen LogP contribution in [0, 0.1) is 46.3 Å². The summed E-state index contributed by atoms with van der Waals surface area (Å²) in [6, 6.07) is 1.54. The molecule has 2 heterocycles. The highest BCUT2D eigenvalue weighted by Gasteiger charge is 2.66. The molecule has 0 aromatic heterocycles. The summed E-state index contributed by atoms with van der Waals surface area (Å²) in [6.45, 7) is 9.32. The van der Waals surface area contributed by atoms with Gasteiger partial charge in [0.1, 0.15) is 0 Å². The molecule has 11 unspecified atom stereocenters. The second-order valence-corrected chi connectivity index (χ2v) is 12.8. The molecule has 0 aromatic carbocycles. The van der Waals surface area contributed by atoms with Gasteiger partial charge in [-0.25, -0.2) is 0 Å². The van der Waals surface area contributed by atoms with E-state index in [4.69, 9.17) is 0 Å². The summed E-state index contributed by atoms with van der Waals surface area (Å²) in [5, 5.41) is 20.1. The summed E-state index contributed by atoms with van der Waals surface area (Å²) < 4.78 is 0. The number of hydrogen-bond donors (Lipinski definition) is 2. The number of aliphatic hydroxyl groups excluding tert-OH is 2. The third-order valence-electron chi connectivity index (χ3n) is 11.8. The largest absolute Gasteiger partial charge is 0.396 e. The molecule has 2 saturated heterocycles. The Labute approximate surface area is 183 Å². The number of aliphatic hydroxyl groups is 2. The van der Waals surface area contributed by atoms with E-state index in [2.05, 4.69) is 31.7 Å². The van der Waals surface area contributed by atoms with Crippen LogP contribution in [0.3, 0.4) is 0 Å². The molecule has 3 nitrogen and oxygen atoms in total. The normalized spacial score (nSPS) is 57.6. The lowest BCUT2D eigenvalue weighted by atomic mass is 9.47. The highest BCUT2D eigenvalue weighted by molar-refractivity contribution is 5.26. The van der Waals surface area contributed by atoms with Crippen molar-refractivity contribution in [2.45, 2.75) is 96.7 Å². The summed E-state index contributed by atoms with van der Waals surface area (Å²) in [5.41, 5.74) is 2.45. The molecule has 4 aliphatic carbocycles. The van der Waals surface area contributed by atoms with Gasteiger partial charge in [-0.15, -0.1) is 0 Å². The van der Waals surface area contributed by atoms with Crippen LogP contribution < -0.4 is 0 Å². The Morgan fingerprint density at radius 2 is 1.90 bits per heavy atom. The van der Waals surface area contributed by atoms with Crippen molar-refractivity contribution in [2.24, 2.45) is 46.3 Å². The number of hydrogen-bond acceptors (Lipinski definition) is 3. The maximum atomic E-state index is 10.3. The van der Waals surface area contributed by atoms with Crippen LogP contribution in [-0.2, 0) is 0 Å². The third kappa shape index (κ3) is 2.55. The Hall–Kier alpha value is -0.380. The summed E-state index contributed by atoms with van der Waals surface area (Å²) in [4.78, 5) is 2.89. The van der Waals surface area contributed by atoms with Crippen molar-refractivity contribution in [1.82, 2.24) is 4.90 Å². The second-order valence-electron chi connectivity index (χ2n) is 12.8. The molecule has 6 aliphatic rings. The van der Waals surface area contributed by atoms with Crippen LogP contribution in [-0.4, -0.2) is 46.5 Å². The van der Waals surface area contributed by atoms with Gasteiger partial charge < -0.3 is 10.2 Å². The topological polar surface area (TPSA) is 43.7 Å². The van der Waals surface area contributed by atoms with E-state index in [1.54, 1.807) is 5.57 Å². The van der Waals surface area contributed by atoms with Gasteiger partial charge in [0.05, 0.1) is 6.10 Å². The van der Waals surface area contributed by atoms with Gasteiger partial charge in [-0.1, -0.05) is 32.4 Å². The summed E-state index contributed by atoms with van der Waals surface area (Å²) in [6.07, 6.45) is 13.6. The molecule has 0 amide bonds. The number of fused-ring (bicyclic) bond motifs is 9. The van der Waals surface area contributed by atoms with Gasteiger partial charge in [0.25, 0.3) is 0 Å². The molecular weight excluding hydrogens is 370 g/mol. The molecule has 2 aliphatic heterocycles. The zero-order valence-electron chi connectivity index (χ0n) is 19.4. The zero-order chi connectivity index (χ0) is 20.8. The SMILES string of the molecule is CC1C2CCC(CO)CN2C2CC3C4CC=C5CC(O)CCC5(C)C4CCC3(C)C12. The molecule has 0 aromatic rings. The van der Waals surface area contributed by atoms with Gasteiger partial charge in [-0.05, 0) is 104 Å². The fraction of sp³-hybridized carbons (Fsp3) is 0.926. The monoisotopic (exact) mass is 413 g/mol. The molecule has 3 saturated carbocycles. The van der Waals surface area contributed by atoms with Gasteiger partial charge in [0.15, 0.2) is 0 Å². The van der Waals surface area contributed by atoms with E-state index in [0.29, 0.717) is 23.4 Å². The quantitative estimate of drug-likeness (QED) is 0.616. The van der Waals surface area contributed by atoms with E-state index >= 15 is 0 Å². The molecule has 30 heavy (non-hydrogen) atoms. The minimum absolute atomic E-state index is 0.100. The van der Waals surface area contributed by atoms with Crippen molar-refractivity contribution >= 4 is 0 Å². The highest BCUT2D eigenvalue weighted by atomic mass is 16.3. The predicted molar refractivity (Wildman–Crippen MR) is 120 cm³/mol. The van der Waals surface area contributed by atoms with Crippen molar-refractivity contribution in [2.75, 3.05) is 13.2 Å². The highest BCUT2D eigenvalue weighted by Crippen LogP contribution is 2.69. The Morgan fingerprint density at radius 1 is 1.07 bits per heavy atom. The Bertz CT molecular complexity index is 734. The van der Waals surface area contributed by atoms with E-state index in [9.17, 15) is 10.2 Å². The fourth-order valence-corrected chi connectivity index (χ4v) is 10.4. The first-order valence-electron chi connectivity index (χ1n) is 13.1. The van der Waals surface area contributed by atoms with Crippen LogP contribution in [0.15, 0.2) is 11.6 Å². The first kappa shape index (κ1) is 20.2. The lowest BCUT2D eigenvalue weighted by Crippen LogP contribution is -2.51. The van der Waals surface area contributed by atoms with Crippen molar-refractivity contribution in [3.8, 4) is 0 Å².